The van der Waals surface area contributed by atoms with E-state index < -0.39 is 0 Å². The number of piperidine rings is 1. The molecule has 4 nitrogen and oxygen atoms in total. The molecule has 0 aromatic heterocycles. The Morgan fingerprint density at radius 3 is 2.56 bits per heavy atom. The highest BCUT2D eigenvalue weighted by atomic mass is 79.9. The summed E-state index contributed by atoms with van der Waals surface area (Å²) in [5.74, 6) is 0.537. The van der Waals surface area contributed by atoms with Crippen molar-refractivity contribution in [1.29, 1.82) is 5.26 Å². The second-order valence-corrected chi connectivity index (χ2v) is 7.34. The number of likely N-dealkylation sites (tertiary alicyclic amines) is 1. The van der Waals surface area contributed by atoms with Crippen LogP contribution in [0.15, 0.2) is 58.6 Å². The second-order valence-electron chi connectivity index (χ2n) is 6.49. The van der Waals surface area contributed by atoms with Crippen molar-refractivity contribution in [2.24, 2.45) is 0 Å². The Labute approximate surface area is 168 Å². The molecule has 5 heteroatoms. The number of carbonyl (C=O) groups is 1. The molecule has 0 spiro atoms. The maximum Gasteiger partial charge on any atom is 0.264 e. The van der Waals surface area contributed by atoms with Gasteiger partial charge in [0.15, 0.2) is 0 Å². The number of nitriles is 1. The van der Waals surface area contributed by atoms with Crippen molar-refractivity contribution < 1.29 is 9.53 Å². The SMILES string of the molecule is N#CC(=Cc1ccc(OCc2ccccc2)c(Br)c1)C(=O)N1CCCCC1. The van der Waals surface area contributed by atoms with E-state index in [2.05, 4.69) is 22.0 Å². The van der Waals surface area contributed by atoms with Gasteiger partial charge in [0.05, 0.1) is 4.47 Å². The van der Waals surface area contributed by atoms with E-state index in [1.54, 1.807) is 11.0 Å². The third-order valence-corrected chi connectivity index (χ3v) is 5.12. The Bertz CT molecular complexity index is 866. The first-order valence-electron chi connectivity index (χ1n) is 9.05. The lowest BCUT2D eigenvalue weighted by Crippen LogP contribution is -2.36. The zero-order valence-electron chi connectivity index (χ0n) is 15.0. The van der Waals surface area contributed by atoms with Gasteiger partial charge in [0, 0.05) is 13.1 Å². The van der Waals surface area contributed by atoms with Crippen LogP contribution in [0.4, 0.5) is 0 Å². The molecule has 1 amide bonds. The highest BCUT2D eigenvalue weighted by Crippen LogP contribution is 2.28. The maximum atomic E-state index is 12.5. The van der Waals surface area contributed by atoms with Gasteiger partial charge in [-0.2, -0.15) is 5.26 Å². The van der Waals surface area contributed by atoms with Gasteiger partial charge in [0.1, 0.15) is 24.0 Å². The van der Waals surface area contributed by atoms with Crippen LogP contribution < -0.4 is 4.74 Å². The summed E-state index contributed by atoms with van der Waals surface area (Å²) in [4.78, 5) is 14.3. The van der Waals surface area contributed by atoms with E-state index in [0.29, 0.717) is 6.61 Å². The lowest BCUT2D eigenvalue weighted by Gasteiger charge is -2.26. The number of nitrogens with zero attached hydrogens (tertiary/aromatic N) is 2. The predicted octanol–water partition coefficient (Wildman–Crippen LogP) is 4.95. The topological polar surface area (TPSA) is 53.3 Å². The normalized spacial score (nSPS) is 14.5. The molecule has 0 radical (unpaired) electrons. The smallest absolute Gasteiger partial charge is 0.264 e. The van der Waals surface area contributed by atoms with Crippen molar-refractivity contribution in [3.63, 3.8) is 0 Å². The van der Waals surface area contributed by atoms with Crippen LogP contribution in [0.1, 0.15) is 30.4 Å². The molecule has 1 aliphatic rings. The van der Waals surface area contributed by atoms with Gasteiger partial charge in [-0.1, -0.05) is 36.4 Å². The molecule has 0 aliphatic carbocycles. The first-order chi connectivity index (χ1) is 13.2. The van der Waals surface area contributed by atoms with E-state index in [9.17, 15) is 10.1 Å². The number of rotatable bonds is 5. The standard InChI is InChI=1S/C22H21BrN2O2/c23-20-14-18(9-10-21(20)27-16-17-7-3-1-4-8-17)13-19(15-24)22(26)25-11-5-2-6-12-25/h1,3-4,7-10,13-14H,2,5-6,11-12,16H2. The first-order valence-corrected chi connectivity index (χ1v) is 9.84. The third kappa shape index (κ3) is 5.21. The van der Waals surface area contributed by atoms with Crippen molar-refractivity contribution in [3.05, 3.63) is 69.7 Å². The van der Waals surface area contributed by atoms with Gasteiger partial charge in [-0.3, -0.25) is 4.79 Å². The Hall–Kier alpha value is -2.58. The van der Waals surface area contributed by atoms with Gasteiger partial charge < -0.3 is 9.64 Å². The van der Waals surface area contributed by atoms with Gasteiger partial charge in [0.25, 0.3) is 5.91 Å². The van der Waals surface area contributed by atoms with Crippen LogP contribution in [0.5, 0.6) is 5.75 Å². The molecule has 1 saturated heterocycles. The molecule has 0 atom stereocenters. The minimum atomic E-state index is -0.183. The van der Waals surface area contributed by atoms with E-state index in [-0.39, 0.29) is 11.5 Å². The summed E-state index contributed by atoms with van der Waals surface area (Å²) in [7, 11) is 0. The summed E-state index contributed by atoms with van der Waals surface area (Å²) in [6.45, 7) is 1.94. The highest BCUT2D eigenvalue weighted by Gasteiger charge is 2.20. The number of halogens is 1. The lowest BCUT2D eigenvalue weighted by molar-refractivity contribution is -0.127. The van der Waals surface area contributed by atoms with E-state index in [1.165, 1.54) is 0 Å². The molecule has 1 heterocycles. The first kappa shape index (κ1) is 19.2. The molecule has 1 fully saturated rings. The van der Waals surface area contributed by atoms with E-state index in [1.807, 2.05) is 48.5 Å². The number of carbonyl (C=O) groups excluding carboxylic acids is 1. The van der Waals surface area contributed by atoms with Gasteiger partial charge in [0.2, 0.25) is 0 Å². The quantitative estimate of drug-likeness (QED) is 0.503. The minimum absolute atomic E-state index is 0.168. The molecule has 0 bridgehead atoms. The van der Waals surface area contributed by atoms with Crippen LogP contribution in [0.2, 0.25) is 0 Å². The summed E-state index contributed by atoms with van der Waals surface area (Å²) < 4.78 is 6.63. The fourth-order valence-electron chi connectivity index (χ4n) is 3.04. The number of ether oxygens (including phenoxy) is 1. The molecule has 138 valence electrons. The molecule has 0 N–H and O–H groups in total. The predicted molar refractivity (Wildman–Crippen MR) is 109 cm³/mol. The monoisotopic (exact) mass is 424 g/mol. The van der Waals surface area contributed by atoms with Crippen LogP contribution in [-0.2, 0) is 11.4 Å². The third-order valence-electron chi connectivity index (χ3n) is 4.50. The lowest BCUT2D eigenvalue weighted by atomic mass is 10.1. The van der Waals surface area contributed by atoms with Gasteiger partial charge in [-0.05, 0) is 64.5 Å². The number of hydrogen-bond acceptors (Lipinski definition) is 3. The molecule has 0 unspecified atom stereocenters. The highest BCUT2D eigenvalue weighted by molar-refractivity contribution is 9.10. The van der Waals surface area contributed by atoms with Gasteiger partial charge in [-0.15, -0.1) is 0 Å². The zero-order valence-corrected chi connectivity index (χ0v) is 16.6. The largest absolute Gasteiger partial charge is 0.488 e. The van der Waals surface area contributed by atoms with Crippen molar-refractivity contribution in [2.45, 2.75) is 25.9 Å². The minimum Gasteiger partial charge on any atom is -0.488 e. The van der Waals surface area contributed by atoms with Crippen LogP contribution >= 0.6 is 15.9 Å². The Kier molecular flexibility index (Phi) is 6.67. The van der Waals surface area contributed by atoms with Crippen molar-refractivity contribution in [3.8, 4) is 11.8 Å². The molecule has 2 aromatic rings. The molecular weight excluding hydrogens is 404 g/mol. The summed E-state index contributed by atoms with van der Waals surface area (Å²) in [5, 5.41) is 9.42. The summed E-state index contributed by atoms with van der Waals surface area (Å²) in [6.07, 6.45) is 4.79. The van der Waals surface area contributed by atoms with Crippen molar-refractivity contribution in [1.82, 2.24) is 4.90 Å². The van der Waals surface area contributed by atoms with E-state index >= 15 is 0 Å². The van der Waals surface area contributed by atoms with Crippen LogP contribution in [-0.4, -0.2) is 23.9 Å². The fraction of sp³-hybridized carbons (Fsp3) is 0.273. The summed E-state index contributed by atoms with van der Waals surface area (Å²) in [6, 6.07) is 17.6. The Balaban J connectivity index is 1.70. The molecule has 0 saturated carbocycles. The Morgan fingerprint density at radius 1 is 1.15 bits per heavy atom. The molecule has 27 heavy (non-hydrogen) atoms. The van der Waals surface area contributed by atoms with Crippen LogP contribution in [0, 0.1) is 11.3 Å². The summed E-state index contributed by atoms with van der Waals surface area (Å²) in [5.41, 5.74) is 2.05. The van der Waals surface area contributed by atoms with E-state index in [4.69, 9.17) is 4.74 Å². The number of hydrogen-bond donors (Lipinski definition) is 0. The zero-order chi connectivity index (χ0) is 19.1. The average Bonchev–Trinajstić information content (AvgIpc) is 2.72. The number of benzene rings is 2. The molecule has 3 rings (SSSR count). The molecular formula is C22H21BrN2O2. The Morgan fingerprint density at radius 2 is 1.89 bits per heavy atom. The van der Waals surface area contributed by atoms with Crippen molar-refractivity contribution in [2.75, 3.05) is 13.1 Å². The number of amides is 1. The van der Waals surface area contributed by atoms with E-state index in [0.717, 1.165) is 53.7 Å². The molecule has 1 aliphatic heterocycles. The average molecular weight is 425 g/mol. The summed E-state index contributed by atoms with van der Waals surface area (Å²) >= 11 is 3.51. The fourth-order valence-corrected chi connectivity index (χ4v) is 3.55. The van der Waals surface area contributed by atoms with Gasteiger partial charge in [-0.25, -0.2) is 0 Å². The second kappa shape index (κ2) is 9.38. The van der Waals surface area contributed by atoms with Crippen LogP contribution in [0.3, 0.4) is 0 Å². The molecule has 2 aromatic carbocycles. The maximum absolute atomic E-state index is 12.5. The van der Waals surface area contributed by atoms with Crippen molar-refractivity contribution >= 4 is 27.9 Å². The van der Waals surface area contributed by atoms with Crippen LogP contribution in [0.25, 0.3) is 6.08 Å². The van der Waals surface area contributed by atoms with Gasteiger partial charge >= 0.3 is 0 Å².